The molecule has 388 valence electrons. The van der Waals surface area contributed by atoms with Gasteiger partial charge in [0.15, 0.2) is 6.29 Å². The van der Waals surface area contributed by atoms with Crippen LogP contribution in [0.5, 0.6) is 0 Å². The van der Waals surface area contributed by atoms with E-state index in [2.05, 4.69) is 55.6 Å². The highest BCUT2D eigenvalue weighted by Crippen LogP contribution is 2.23. The fraction of sp³-hybridized carbons (Fsp3) is 0.873. The van der Waals surface area contributed by atoms with E-state index in [0.717, 1.165) is 51.4 Å². The third-order valence-corrected chi connectivity index (χ3v) is 13.1. The molecule has 0 saturated carbocycles. The lowest BCUT2D eigenvalue weighted by molar-refractivity contribution is -0.303. The van der Waals surface area contributed by atoms with Crippen molar-refractivity contribution in [3.05, 3.63) is 36.5 Å². The van der Waals surface area contributed by atoms with E-state index in [9.17, 15) is 40.5 Å². The average molecular weight is 938 g/mol. The minimum atomic E-state index is -1.67. The Hall–Kier alpha value is -1.67. The summed E-state index contributed by atoms with van der Waals surface area (Å²) < 4.78 is 11.1. The minimum Gasteiger partial charge on any atom is -0.394 e. The molecule has 0 bridgehead atoms. The lowest BCUT2D eigenvalue weighted by Gasteiger charge is -2.40. The number of amides is 1. The van der Waals surface area contributed by atoms with Crippen molar-refractivity contribution >= 4 is 5.91 Å². The first-order valence-corrected chi connectivity index (χ1v) is 27.4. The van der Waals surface area contributed by atoms with E-state index in [1.807, 2.05) is 0 Å². The van der Waals surface area contributed by atoms with Gasteiger partial charge >= 0.3 is 0 Å². The summed E-state index contributed by atoms with van der Waals surface area (Å²) in [5.41, 5.74) is 0. The summed E-state index contributed by atoms with van der Waals surface area (Å²) >= 11 is 0. The number of unbranched alkanes of at least 4 members (excludes halogenated alkanes) is 28. The zero-order valence-electron chi connectivity index (χ0n) is 42.2. The molecule has 0 aliphatic carbocycles. The van der Waals surface area contributed by atoms with Gasteiger partial charge in [-0.3, -0.25) is 4.79 Å². The van der Waals surface area contributed by atoms with Gasteiger partial charge in [-0.1, -0.05) is 198 Å². The summed E-state index contributed by atoms with van der Waals surface area (Å²) in [6.45, 7) is 3.43. The predicted molar refractivity (Wildman–Crippen MR) is 270 cm³/mol. The molecule has 1 saturated heterocycles. The van der Waals surface area contributed by atoms with Crippen LogP contribution in [0.25, 0.3) is 0 Å². The molecule has 11 nitrogen and oxygen atoms in total. The van der Waals surface area contributed by atoms with Crippen molar-refractivity contribution < 1.29 is 50.0 Å². The van der Waals surface area contributed by atoms with Crippen LogP contribution in [0.15, 0.2) is 36.5 Å². The lowest BCUT2D eigenvalue weighted by Crippen LogP contribution is -2.60. The molecule has 1 aliphatic heterocycles. The second kappa shape index (κ2) is 44.5. The van der Waals surface area contributed by atoms with Crippen LogP contribution in [-0.2, 0) is 14.3 Å². The SMILES string of the molecule is CCCCCCCCC/C=C\CCCCCCC(O)C(=O)NC(COC1OC(CO)C(O)C(O)C1O)C(O)C(O)CCC/C=C/CC/C=C/CCCCCCCCCCCCCCCCC. The zero-order chi connectivity index (χ0) is 48.3. The van der Waals surface area contributed by atoms with Crippen LogP contribution >= 0.6 is 0 Å². The van der Waals surface area contributed by atoms with E-state index in [1.165, 1.54) is 141 Å². The molecule has 0 aromatic rings. The standard InChI is InChI=1S/C55H103NO10/c1-3-5-7-9-11-13-15-17-19-20-21-22-23-24-25-26-27-29-30-32-34-36-38-40-42-47(58)50(60)46(45-65-55-53(63)52(62)51(61)49(44-57)66-55)56-54(64)48(59)43-41-39-37-35-33-31-28-18-16-14-12-10-8-6-4-2/h27-29,31,34,36,46-53,55,57-63H,3-26,30,32-33,35,37-45H2,1-2H3,(H,56,64)/b29-27+,31-28-,36-34+. The molecule has 9 unspecified atom stereocenters. The van der Waals surface area contributed by atoms with Crippen molar-refractivity contribution in [2.45, 2.75) is 294 Å². The maximum Gasteiger partial charge on any atom is 0.249 e. The van der Waals surface area contributed by atoms with Crippen molar-refractivity contribution in [2.75, 3.05) is 13.2 Å². The van der Waals surface area contributed by atoms with Crippen LogP contribution in [0, 0.1) is 0 Å². The Morgan fingerprint density at radius 1 is 0.515 bits per heavy atom. The maximum atomic E-state index is 13.1. The monoisotopic (exact) mass is 938 g/mol. The Morgan fingerprint density at radius 2 is 0.909 bits per heavy atom. The van der Waals surface area contributed by atoms with Crippen molar-refractivity contribution in [1.82, 2.24) is 5.32 Å². The molecular formula is C55H103NO10. The van der Waals surface area contributed by atoms with Gasteiger partial charge in [-0.2, -0.15) is 0 Å². The number of aliphatic hydroxyl groups excluding tert-OH is 7. The van der Waals surface area contributed by atoms with Gasteiger partial charge in [-0.25, -0.2) is 0 Å². The number of ether oxygens (including phenoxy) is 2. The van der Waals surface area contributed by atoms with Gasteiger partial charge in [0.2, 0.25) is 5.91 Å². The van der Waals surface area contributed by atoms with E-state index >= 15 is 0 Å². The van der Waals surface area contributed by atoms with Crippen LogP contribution in [0.3, 0.4) is 0 Å². The smallest absolute Gasteiger partial charge is 0.249 e. The Morgan fingerprint density at radius 3 is 1.35 bits per heavy atom. The van der Waals surface area contributed by atoms with Crippen LogP contribution in [0.2, 0.25) is 0 Å². The predicted octanol–water partition coefficient (Wildman–Crippen LogP) is 10.7. The number of aliphatic hydroxyl groups is 7. The van der Waals surface area contributed by atoms with Crippen molar-refractivity contribution in [3.8, 4) is 0 Å². The second-order valence-electron chi connectivity index (χ2n) is 19.3. The van der Waals surface area contributed by atoms with Crippen LogP contribution < -0.4 is 5.32 Å². The summed E-state index contributed by atoms with van der Waals surface area (Å²) in [6.07, 6.45) is 42.0. The van der Waals surface area contributed by atoms with Gasteiger partial charge in [-0.15, -0.1) is 0 Å². The summed E-state index contributed by atoms with van der Waals surface area (Å²) in [7, 11) is 0. The summed E-state index contributed by atoms with van der Waals surface area (Å²) in [6, 6.07) is -1.20. The third-order valence-electron chi connectivity index (χ3n) is 13.1. The fourth-order valence-electron chi connectivity index (χ4n) is 8.63. The first-order valence-electron chi connectivity index (χ1n) is 27.4. The molecule has 1 aliphatic rings. The van der Waals surface area contributed by atoms with Gasteiger partial charge < -0.3 is 50.5 Å². The average Bonchev–Trinajstić information content (AvgIpc) is 3.32. The highest BCUT2D eigenvalue weighted by atomic mass is 16.7. The number of hydrogen-bond acceptors (Lipinski definition) is 10. The quantitative estimate of drug-likeness (QED) is 0.0215. The molecule has 66 heavy (non-hydrogen) atoms. The van der Waals surface area contributed by atoms with Gasteiger partial charge in [0.25, 0.3) is 0 Å². The van der Waals surface area contributed by atoms with Gasteiger partial charge in [0.05, 0.1) is 25.4 Å². The van der Waals surface area contributed by atoms with Gasteiger partial charge in [-0.05, 0) is 77.0 Å². The number of carbonyl (C=O) groups is 1. The summed E-state index contributed by atoms with van der Waals surface area (Å²) in [4.78, 5) is 13.1. The molecule has 0 aromatic heterocycles. The number of hydrogen-bond donors (Lipinski definition) is 8. The van der Waals surface area contributed by atoms with E-state index in [4.69, 9.17) is 9.47 Å². The topological polar surface area (TPSA) is 189 Å². The first-order chi connectivity index (χ1) is 32.2. The molecule has 1 heterocycles. The lowest BCUT2D eigenvalue weighted by atomic mass is 9.98. The Bertz CT molecular complexity index is 1170. The zero-order valence-corrected chi connectivity index (χ0v) is 42.2. The highest BCUT2D eigenvalue weighted by Gasteiger charge is 2.44. The van der Waals surface area contributed by atoms with Crippen molar-refractivity contribution in [3.63, 3.8) is 0 Å². The number of rotatable bonds is 46. The molecule has 11 heteroatoms. The van der Waals surface area contributed by atoms with Gasteiger partial charge in [0.1, 0.15) is 36.6 Å². The fourth-order valence-corrected chi connectivity index (χ4v) is 8.63. The van der Waals surface area contributed by atoms with E-state index < -0.39 is 74.2 Å². The van der Waals surface area contributed by atoms with E-state index in [0.29, 0.717) is 19.3 Å². The third kappa shape index (κ3) is 33.0. The molecule has 1 rings (SSSR count). The van der Waals surface area contributed by atoms with Crippen LogP contribution in [0.1, 0.15) is 239 Å². The molecule has 0 aromatic carbocycles. The molecule has 0 radical (unpaired) electrons. The molecule has 9 atom stereocenters. The summed E-state index contributed by atoms with van der Waals surface area (Å²) in [5.74, 6) is -0.719. The minimum absolute atomic E-state index is 0.237. The number of carbonyl (C=O) groups excluding carboxylic acids is 1. The number of nitrogens with one attached hydrogen (secondary N) is 1. The van der Waals surface area contributed by atoms with Gasteiger partial charge in [0, 0.05) is 0 Å². The Kier molecular flexibility index (Phi) is 42.1. The van der Waals surface area contributed by atoms with E-state index in [1.54, 1.807) is 0 Å². The largest absolute Gasteiger partial charge is 0.394 e. The highest BCUT2D eigenvalue weighted by molar-refractivity contribution is 5.80. The first kappa shape index (κ1) is 62.3. The Balaban J connectivity index is 2.38. The summed E-state index contributed by atoms with van der Waals surface area (Å²) in [5, 5.41) is 75.9. The van der Waals surface area contributed by atoms with E-state index in [-0.39, 0.29) is 12.8 Å². The van der Waals surface area contributed by atoms with Crippen molar-refractivity contribution in [2.24, 2.45) is 0 Å². The molecule has 8 N–H and O–H groups in total. The molecule has 1 amide bonds. The maximum absolute atomic E-state index is 13.1. The second-order valence-corrected chi connectivity index (χ2v) is 19.3. The molecular weight excluding hydrogens is 835 g/mol. The molecule has 1 fully saturated rings. The van der Waals surface area contributed by atoms with Crippen LogP contribution in [-0.4, -0.2) is 110 Å². The Labute approximate surface area is 403 Å². The van der Waals surface area contributed by atoms with Crippen LogP contribution in [0.4, 0.5) is 0 Å². The normalized spacial score (nSPS) is 21.0. The molecule has 0 spiro atoms. The van der Waals surface area contributed by atoms with Crippen molar-refractivity contribution in [1.29, 1.82) is 0 Å². The number of allylic oxidation sites excluding steroid dienone is 6.